The van der Waals surface area contributed by atoms with Gasteiger partial charge in [-0.3, -0.25) is 19.3 Å². The molecule has 0 aliphatic carbocycles. The topological polar surface area (TPSA) is 66.5 Å². The molecule has 0 unspecified atom stereocenters. The molecule has 27 heavy (non-hydrogen) atoms. The van der Waals surface area contributed by atoms with Gasteiger partial charge in [0.2, 0.25) is 5.91 Å². The first-order valence-electron chi connectivity index (χ1n) is 9.20. The number of benzene rings is 2. The van der Waals surface area contributed by atoms with Crippen LogP contribution in [0, 0.1) is 19.8 Å². The lowest BCUT2D eigenvalue weighted by atomic mass is 9.96. The molecule has 1 heterocycles. The van der Waals surface area contributed by atoms with E-state index in [1.165, 1.54) is 0 Å². The smallest absolute Gasteiger partial charge is 0.262 e. The molecule has 3 amide bonds. The zero-order valence-corrected chi connectivity index (χ0v) is 16.1. The number of hydrogen-bond acceptors (Lipinski definition) is 3. The maximum Gasteiger partial charge on any atom is 0.262 e. The number of carbonyl (C=O) groups is 3. The van der Waals surface area contributed by atoms with E-state index < -0.39 is 17.9 Å². The van der Waals surface area contributed by atoms with Crippen LogP contribution in [0.25, 0.3) is 0 Å². The van der Waals surface area contributed by atoms with Crippen molar-refractivity contribution in [1.82, 2.24) is 4.90 Å². The Kier molecular flexibility index (Phi) is 5.13. The molecule has 140 valence electrons. The Hall–Kier alpha value is -2.95. The predicted octanol–water partition coefficient (Wildman–Crippen LogP) is 3.95. The zero-order chi connectivity index (χ0) is 19.7. The highest BCUT2D eigenvalue weighted by molar-refractivity contribution is 6.23. The van der Waals surface area contributed by atoms with Crippen molar-refractivity contribution in [3.05, 3.63) is 64.7 Å². The third-order valence-electron chi connectivity index (χ3n) is 5.33. The molecule has 2 atom stereocenters. The van der Waals surface area contributed by atoms with Crippen molar-refractivity contribution in [1.29, 1.82) is 0 Å². The van der Waals surface area contributed by atoms with Crippen LogP contribution in [0.3, 0.4) is 0 Å². The van der Waals surface area contributed by atoms with E-state index >= 15 is 0 Å². The van der Waals surface area contributed by atoms with Crippen LogP contribution in [0.1, 0.15) is 52.1 Å². The number of imide groups is 1. The molecular formula is C22H24N2O3. The largest absolute Gasteiger partial charge is 0.324 e. The third kappa shape index (κ3) is 3.37. The average Bonchev–Trinajstić information content (AvgIpc) is 2.90. The van der Waals surface area contributed by atoms with Gasteiger partial charge in [-0.25, -0.2) is 0 Å². The Balaban J connectivity index is 1.93. The highest BCUT2D eigenvalue weighted by atomic mass is 16.2. The van der Waals surface area contributed by atoms with E-state index in [9.17, 15) is 14.4 Å². The lowest BCUT2D eigenvalue weighted by Crippen LogP contribution is -2.50. The van der Waals surface area contributed by atoms with Gasteiger partial charge in [-0.1, -0.05) is 38.5 Å². The molecule has 0 spiro atoms. The standard InChI is InChI=1S/C22H24N2O3/c1-5-13(2)19(20(25)23-16-11-10-14(3)15(4)12-16)24-21(26)17-8-6-7-9-18(17)22(24)27/h6-13,19H,5H2,1-4H3,(H,23,25)/t13-,19-/m0/s1. The first-order chi connectivity index (χ1) is 12.8. The molecule has 0 fully saturated rings. The fourth-order valence-corrected chi connectivity index (χ4v) is 3.35. The highest BCUT2D eigenvalue weighted by Gasteiger charge is 2.44. The summed E-state index contributed by atoms with van der Waals surface area (Å²) in [4.78, 5) is 39.9. The van der Waals surface area contributed by atoms with Gasteiger partial charge < -0.3 is 5.32 Å². The minimum Gasteiger partial charge on any atom is -0.324 e. The molecule has 5 nitrogen and oxygen atoms in total. The third-order valence-corrected chi connectivity index (χ3v) is 5.33. The lowest BCUT2D eigenvalue weighted by molar-refractivity contribution is -0.121. The summed E-state index contributed by atoms with van der Waals surface area (Å²) in [6.07, 6.45) is 0.665. The second-order valence-corrected chi connectivity index (χ2v) is 7.14. The minimum atomic E-state index is -0.857. The van der Waals surface area contributed by atoms with E-state index in [4.69, 9.17) is 0 Å². The first-order valence-corrected chi connectivity index (χ1v) is 9.20. The number of anilines is 1. The summed E-state index contributed by atoms with van der Waals surface area (Å²) in [5, 5.41) is 2.89. The van der Waals surface area contributed by atoms with Gasteiger partial charge in [0.15, 0.2) is 0 Å². The number of fused-ring (bicyclic) bond motifs is 1. The van der Waals surface area contributed by atoms with E-state index in [1.807, 2.05) is 45.9 Å². The summed E-state index contributed by atoms with van der Waals surface area (Å²) in [6, 6.07) is 11.5. The van der Waals surface area contributed by atoms with Crippen LogP contribution in [-0.2, 0) is 4.79 Å². The maximum absolute atomic E-state index is 13.1. The molecule has 0 bridgehead atoms. The Morgan fingerprint density at radius 2 is 1.59 bits per heavy atom. The van der Waals surface area contributed by atoms with Crippen LogP contribution in [-0.4, -0.2) is 28.7 Å². The maximum atomic E-state index is 13.1. The van der Waals surface area contributed by atoms with Crippen LogP contribution in [0.2, 0.25) is 0 Å². The van der Waals surface area contributed by atoms with Crippen molar-refractivity contribution in [2.24, 2.45) is 5.92 Å². The van der Waals surface area contributed by atoms with Gasteiger partial charge in [-0.15, -0.1) is 0 Å². The van der Waals surface area contributed by atoms with Gasteiger partial charge >= 0.3 is 0 Å². The Bertz CT molecular complexity index is 885. The Morgan fingerprint density at radius 3 is 2.11 bits per heavy atom. The van der Waals surface area contributed by atoms with Crippen molar-refractivity contribution < 1.29 is 14.4 Å². The molecule has 0 saturated carbocycles. The van der Waals surface area contributed by atoms with Gasteiger partial charge in [-0.2, -0.15) is 0 Å². The van der Waals surface area contributed by atoms with E-state index in [1.54, 1.807) is 24.3 Å². The molecule has 0 radical (unpaired) electrons. The number of nitrogens with zero attached hydrogens (tertiary/aromatic N) is 1. The second-order valence-electron chi connectivity index (χ2n) is 7.14. The van der Waals surface area contributed by atoms with Crippen LogP contribution in [0.4, 0.5) is 5.69 Å². The van der Waals surface area contributed by atoms with Crippen LogP contribution in [0.15, 0.2) is 42.5 Å². The average molecular weight is 364 g/mol. The molecule has 0 saturated heterocycles. The Labute approximate surface area is 159 Å². The molecule has 2 aromatic rings. The minimum absolute atomic E-state index is 0.168. The second kappa shape index (κ2) is 7.35. The number of aryl methyl sites for hydroxylation is 2. The summed E-state index contributed by atoms with van der Waals surface area (Å²) in [6.45, 7) is 7.80. The molecule has 1 aliphatic rings. The fraction of sp³-hybridized carbons (Fsp3) is 0.318. The highest BCUT2D eigenvalue weighted by Crippen LogP contribution is 2.29. The van der Waals surface area contributed by atoms with Gasteiger partial charge in [0.05, 0.1) is 11.1 Å². The summed E-state index contributed by atoms with van der Waals surface area (Å²) < 4.78 is 0. The van der Waals surface area contributed by atoms with E-state index in [2.05, 4.69) is 5.32 Å². The van der Waals surface area contributed by atoms with Crippen LogP contribution < -0.4 is 5.32 Å². The van der Waals surface area contributed by atoms with Gasteiger partial charge in [0.25, 0.3) is 11.8 Å². The zero-order valence-electron chi connectivity index (χ0n) is 16.1. The van der Waals surface area contributed by atoms with Gasteiger partial charge in [0, 0.05) is 5.69 Å². The monoisotopic (exact) mass is 364 g/mol. The summed E-state index contributed by atoms with van der Waals surface area (Å²) in [5.41, 5.74) is 3.57. The van der Waals surface area contributed by atoms with E-state index in [0.29, 0.717) is 23.2 Å². The summed E-state index contributed by atoms with van der Waals surface area (Å²) in [7, 11) is 0. The lowest BCUT2D eigenvalue weighted by Gasteiger charge is -2.29. The normalized spacial score (nSPS) is 15.5. The van der Waals surface area contributed by atoms with Crippen LogP contribution >= 0.6 is 0 Å². The molecular weight excluding hydrogens is 340 g/mol. The summed E-state index contributed by atoms with van der Waals surface area (Å²) in [5.74, 6) is -1.33. The molecule has 1 N–H and O–H groups in total. The Morgan fingerprint density at radius 1 is 1.00 bits per heavy atom. The molecule has 3 rings (SSSR count). The van der Waals surface area contributed by atoms with Crippen molar-refractivity contribution in [3.8, 4) is 0 Å². The van der Waals surface area contributed by atoms with Crippen molar-refractivity contribution in [3.63, 3.8) is 0 Å². The quantitative estimate of drug-likeness (QED) is 0.817. The number of nitrogens with one attached hydrogen (secondary N) is 1. The summed E-state index contributed by atoms with van der Waals surface area (Å²) >= 11 is 0. The molecule has 2 aromatic carbocycles. The number of hydrogen-bond donors (Lipinski definition) is 1. The molecule has 1 aliphatic heterocycles. The number of carbonyl (C=O) groups excluding carboxylic acids is 3. The molecule has 5 heteroatoms. The van der Waals surface area contributed by atoms with Gasteiger partial charge in [0.1, 0.15) is 6.04 Å². The number of rotatable bonds is 5. The van der Waals surface area contributed by atoms with E-state index in [0.717, 1.165) is 16.0 Å². The molecule has 0 aromatic heterocycles. The SMILES string of the molecule is CC[C@H](C)[C@@H](C(=O)Nc1ccc(C)c(C)c1)N1C(=O)c2ccccc2C1=O. The fourth-order valence-electron chi connectivity index (χ4n) is 3.35. The predicted molar refractivity (Wildman–Crippen MR) is 105 cm³/mol. The van der Waals surface area contributed by atoms with Crippen molar-refractivity contribution in [2.45, 2.75) is 40.2 Å². The number of amides is 3. The van der Waals surface area contributed by atoms with E-state index in [-0.39, 0.29) is 11.8 Å². The van der Waals surface area contributed by atoms with Crippen molar-refractivity contribution >= 4 is 23.4 Å². The van der Waals surface area contributed by atoms with Gasteiger partial charge in [-0.05, 0) is 55.2 Å². The van der Waals surface area contributed by atoms with Crippen LogP contribution in [0.5, 0.6) is 0 Å². The first kappa shape index (κ1) is 18.8. The van der Waals surface area contributed by atoms with Crippen molar-refractivity contribution in [2.75, 3.05) is 5.32 Å².